The average molecular weight is 356 g/mol. The van der Waals surface area contributed by atoms with Gasteiger partial charge in [-0.05, 0) is 12.3 Å². The molecular weight excluding hydrogens is 336 g/mol. The van der Waals surface area contributed by atoms with Gasteiger partial charge in [-0.2, -0.15) is 4.31 Å². The number of hydrogen-bond acceptors (Lipinski definition) is 5. The number of hydrogen-bond donors (Lipinski definition) is 0. The number of piperidine rings is 1. The Morgan fingerprint density at radius 1 is 1.08 bits per heavy atom. The lowest BCUT2D eigenvalue weighted by molar-refractivity contribution is -0.137. The molecule has 2 atom stereocenters. The molecular formula is C14H20N4O5S. The first-order valence-electron chi connectivity index (χ1n) is 7.66. The Hall–Kier alpha value is -1.94. The summed E-state index contributed by atoms with van der Waals surface area (Å²) < 4.78 is 28.8. The summed E-state index contributed by atoms with van der Waals surface area (Å²) in [5.41, 5.74) is -1.44. The van der Waals surface area contributed by atoms with E-state index in [0.717, 1.165) is 21.8 Å². The normalized spacial score (nSPS) is 25.1. The number of aryl methyl sites for hydroxylation is 1. The summed E-state index contributed by atoms with van der Waals surface area (Å²) in [4.78, 5) is 37.4. The van der Waals surface area contributed by atoms with Gasteiger partial charge in [0.15, 0.2) is 4.90 Å². The van der Waals surface area contributed by atoms with E-state index in [4.69, 9.17) is 0 Å². The van der Waals surface area contributed by atoms with Crippen LogP contribution in [0.3, 0.4) is 0 Å². The molecule has 1 aromatic heterocycles. The number of amides is 1. The van der Waals surface area contributed by atoms with Crippen LogP contribution in [0.25, 0.3) is 0 Å². The fourth-order valence-corrected chi connectivity index (χ4v) is 5.12. The number of carbonyl (C=O) groups excluding carboxylic acids is 1. The fourth-order valence-electron chi connectivity index (χ4n) is 3.44. The molecule has 3 heterocycles. The molecule has 0 spiro atoms. The molecule has 0 radical (unpaired) electrons. The standard InChI is InChI=1S/C14H20N4O5S/c1-15-5-4-9-6-18(7-10(9)12(15)19)24(22,23)11-8-16(2)14(21)17(3)13(11)20/h8-10H,4-7H2,1-3H3/t9-,10+/m1/s1. The van der Waals surface area contributed by atoms with E-state index < -0.39 is 26.2 Å². The van der Waals surface area contributed by atoms with Gasteiger partial charge in [0.1, 0.15) is 0 Å². The summed E-state index contributed by atoms with van der Waals surface area (Å²) in [5, 5.41) is 0. The first-order valence-corrected chi connectivity index (χ1v) is 9.10. The van der Waals surface area contributed by atoms with Crippen molar-refractivity contribution < 1.29 is 13.2 Å². The highest BCUT2D eigenvalue weighted by Gasteiger charge is 2.46. The number of likely N-dealkylation sites (tertiary alicyclic amines) is 1. The minimum absolute atomic E-state index is 0.0279. The van der Waals surface area contributed by atoms with Crippen molar-refractivity contribution in [3.63, 3.8) is 0 Å². The fraction of sp³-hybridized carbons (Fsp3) is 0.643. The molecule has 0 N–H and O–H groups in total. The summed E-state index contributed by atoms with van der Waals surface area (Å²) >= 11 is 0. The molecule has 2 saturated heterocycles. The lowest BCUT2D eigenvalue weighted by Crippen LogP contribution is -2.43. The SMILES string of the molecule is CN1CC[C@@H]2CN(S(=O)(=O)c3cn(C)c(=O)n(C)c3=O)C[C@@H]2C1=O. The zero-order valence-corrected chi connectivity index (χ0v) is 14.6. The molecule has 24 heavy (non-hydrogen) atoms. The Labute approximate surface area is 139 Å². The number of sulfonamides is 1. The maximum Gasteiger partial charge on any atom is 0.330 e. The van der Waals surface area contributed by atoms with Crippen molar-refractivity contribution in [3.8, 4) is 0 Å². The van der Waals surface area contributed by atoms with Crippen molar-refractivity contribution in [2.45, 2.75) is 11.3 Å². The lowest BCUT2D eigenvalue weighted by atomic mass is 9.88. The van der Waals surface area contributed by atoms with Gasteiger partial charge in [-0.15, -0.1) is 0 Å². The first-order chi connectivity index (χ1) is 11.1. The smallest absolute Gasteiger partial charge is 0.330 e. The van der Waals surface area contributed by atoms with Crippen LogP contribution in [-0.4, -0.2) is 59.3 Å². The van der Waals surface area contributed by atoms with Crippen LogP contribution in [0.5, 0.6) is 0 Å². The highest BCUT2D eigenvalue weighted by molar-refractivity contribution is 7.89. The van der Waals surface area contributed by atoms with Crippen LogP contribution in [0.15, 0.2) is 20.7 Å². The Morgan fingerprint density at radius 2 is 1.75 bits per heavy atom. The number of rotatable bonds is 2. The molecule has 10 heteroatoms. The molecule has 132 valence electrons. The van der Waals surface area contributed by atoms with Crippen LogP contribution in [0.4, 0.5) is 0 Å². The zero-order valence-electron chi connectivity index (χ0n) is 13.8. The Bertz CT molecular complexity index is 916. The maximum atomic E-state index is 12.9. The average Bonchev–Trinajstić information content (AvgIpc) is 2.98. The Morgan fingerprint density at radius 3 is 2.42 bits per heavy atom. The number of nitrogens with zero attached hydrogens (tertiary/aromatic N) is 4. The second kappa shape index (κ2) is 5.55. The van der Waals surface area contributed by atoms with Gasteiger partial charge in [0.2, 0.25) is 15.9 Å². The molecule has 0 aromatic carbocycles. The van der Waals surface area contributed by atoms with E-state index in [0.29, 0.717) is 6.54 Å². The van der Waals surface area contributed by atoms with Crippen molar-refractivity contribution in [1.29, 1.82) is 0 Å². The van der Waals surface area contributed by atoms with Gasteiger partial charge in [-0.3, -0.25) is 14.2 Å². The molecule has 0 unspecified atom stereocenters. The second-order valence-corrected chi connectivity index (χ2v) is 8.39. The highest BCUT2D eigenvalue weighted by atomic mass is 32.2. The summed E-state index contributed by atoms with van der Waals surface area (Å²) in [5.74, 6) is -0.452. The third-order valence-electron chi connectivity index (χ3n) is 4.97. The van der Waals surface area contributed by atoms with E-state index in [9.17, 15) is 22.8 Å². The van der Waals surface area contributed by atoms with Crippen molar-refractivity contribution in [1.82, 2.24) is 18.3 Å². The number of carbonyl (C=O) groups is 1. The van der Waals surface area contributed by atoms with Crippen LogP contribution in [0.2, 0.25) is 0 Å². The van der Waals surface area contributed by atoms with Gasteiger partial charge < -0.3 is 9.47 Å². The van der Waals surface area contributed by atoms with Gasteiger partial charge in [-0.1, -0.05) is 0 Å². The quantitative estimate of drug-likeness (QED) is 0.621. The molecule has 1 aromatic rings. The van der Waals surface area contributed by atoms with Crippen LogP contribution in [-0.2, 0) is 28.9 Å². The van der Waals surface area contributed by atoms with E-state index in [1.807, 2.05) is 0 Å². The predicted molar refractivity (Wildman–Crippen MR) is 84.9 cm³/mol. The highest BCUT2D eigenvalue weighted by Crippen LogP contribution is 2.34. The lowest BCUT2D eigenvalue weighted by Gasteiger charge is -2.30. The minimum Gasteiger partial charge on any atom is -0.345 e. The largest absolute Gasteiger partial charge is 0.345 e. The van der Waals surface area contributed by atoms with Crippen molar-refractivity contribution in [2.75, 3.05) is 26.7 Å². The molecule has 9 nitrogen and oxygen atoms in total. The Kier molecular flexibility index (Phi) is 3.91. The molecule has 0 saturated carbocycles. The molecule has 2 aliphatic heterocycles. The maximum absolute atomic E-state index is 12.9. The first kappa shape index (κ1) is 16.9. The molecule has 2 aliphatic rings. The van der Waals surface area contributed by atoms with E-state index in [1.165, 1.54) is 18.4 Å². The van der Waals surface area contributed by atoms with Crippen molar-refractivity contribution >= 4 is 15.9 Å². The topological polar surface area (TPSA) is 102 Å². The van der Waals surface area contributed by atoms with Gasteiger partial charge in [0, 0.05) is 47.0 Å². The molecule has 0 aliphatic carbocycles. The van der Waals surface area contributed by atoms with Crippen LogP contribution in [0.1, 0.15) is 6.42 Å². The summed E-state index contributed by atoms with van der Waals surface area (Å²) in [6, 6.07) is 0. The van der Waals surface area contributed by atoms with E-state index in [1.54, 1.807) is 11.9 Å². The molecule has 0 bridgehead atoms. The molecule has 1 amide bonds. The van der Waals surface area contributed by atoms with Gasteiger partial charge >= 0.3 is 5.69 Å². The molecule has 3 rings (SSSR count). The van der Waals surface area contributed by atoms with E-state index in [2.05, 4.69) is 0 Å². The number of fused-ring (bicyclic) bond motifs is 1. The third-order valence-corrected chi connectivity index (χ3v) is 6.78. The summed E-state index contributed by atoms with van der Waals surface area (Å²) in [7, 11) is 0.280. The molecule has 2 fully saturated rings. The van der Waals surface area contributed by atoms with Crippen LogP contribution >= 0.6 is 0 Å². The zero-order chi connectivity index (χ0) is 17.8. The van der Waals surface area contributed by atoms with Crippen LogP contribution < -0.4 is 11.2 Å². The summed E-state index contributed by atoms with van der Waals surface area (Å²) in [6.07, 6.45) is 1.79. The minimum atomic E-state index is -4.06. The van der Waals surface area contributed by atoms with Gasteiger partial charge in [-0.25, -0.2) is 13.2 Å². The predicted octanol–water partition coefficient (Wildman–Crippen LogP) is -1.82. The summed E-state index contributed by atoms with van der Waals surface area (Å²) in [6.45, 7) is 0.899. The second-order valence-electron chi connectivity index (χ2n) is 6.49. The van der Waals surface area contributed by atoms with Gasteiger partial charge in [0.25, 0.3) is 5.56 Å². The van der Waals surface area contributed by atoms with Crippen molar-refractivity contribution in [3.05, 3.63) is 27.0 Å². The van der Waals surface area contributed by atoms with E-state index >= 15 is 0 Å². The van der Waals surface area contributed by atoms with Crippen LogP contribution in [0, 0.1) is 11.8 Å². The number of aromatic nitrogens is 2. The Balaban J connectivity index is 2.00. The van der Waals surface area contributed by atoms with Gasteiger partial charge in [0.05, 0.1) is 5.92 Å². The monoisotopic (exact) mass is 356 g/mol. The van der Waals surface area contributed by atoms with Crippen molar-refractivity contribution in [2.24, 2.45) is 25.9 Å². The third kappa shape index (κ3) is 2.40. The van der Waals surface area contributed by atoms with E-state index in [-0.39, 0.29) is 30.8 Å².